The first-order valence-electron chi connectivity index (χ1n) is 7.04. The van der Waals surface area contributed by atoms with Crippen LogP contribution in [0, 0.1) is 6.92 Å². The molecular weight excluding hydrogens is 338 g/mol. The Morgan fingerprint density at radius 3 is 2.87 bits per heavy atom. The van der Waals surface area contributed by atoms with Crippen LogP contribution in [0.5, 0.6) is 5.75 Å². The van der Waals surface area contributed by atoms with Gasteiger partial charge in [-0.25, -0.2) is 18.4 Å². The topological polar surface area (TPSA) is 72.4 Å². The number of ether oxygens (including phenoxy) is 1. The highest BCUT2D eigenvalue weighted by Gasteiger charge is 2.24. The number of aromatic nitrogens is 2. The fourth-order valence-corrected chi connectivity index (χ4v) is 3.42. The first kappa shape index (κ1) is 16.0. The van der Waals surface area contributed by atoms with Crippen molar-refractivity contribution < 1.29 is 13.2 Å². The largest absolute Gasteiger partial charge is 0.491 e. The number of halogens is 1. The third-order valence-electron chi connectivity index (χ3n) is 3.56. The van der Waals surface area contributed by atoms with Gasteiger partial charge in [0.25, 0.3) is 0 Å². The molecule has 6 nitrogen and oxygen atoms in total. The minimum absolute atomic E-state index is 0.119. The average Bonchev–Trinajstić information content (AvgIpc) is 2.67. The summed E-state index contributed by atoms with van der Waals surface area (Å²) >= 11 is 6.06. The van der Waals surface area contributed by atoms with Crippen molar-refractivity contribution in [1.29, 1.82) is 0 Å². The fourth-order valence-electron chi connectivity index (χ4n) is 2.48. The number of benzene rings is 1. The summed E-state index contributed by atoms with van der Waals surface area (Å²) < 4.78 is 29.8. The monoisotopic (exact) mass is 353 g/mol. The molecule has 0 atom stereocenters. The lowest BCUT2D eigenvalue weighted by atomic mass is 10.2. The minimum Gasteiger partial charge on any atom is -0.491 e. The Hall–Kier alpha value is -1.86. The molecule has 1 aliphatic rings. The number of aryl methyl sites for hydroxylation is 1. The maximum atomic E-state index is 12.0. The van der Waals surface area contributed by atoms with Gasteiger partial charge in [0.15, 0.2) is 15.7 Å². The molecule has 0 bridgehead atoms. The molecule has 1 aliphatic heterocycles. The molecule has 0 fully saturated rings. The molecule has 8 heteroatoms. The van der Waals surface area contributed by atoms with Gasteiger partial charge in [0, 0.05) is 23.4 Å². The zero-order chi connectivity index (χ0) is 16.6. The summed E-state index contributed by atoms with van der Waals surface area (Å²) in [5.74, 6) is 1.67. The van der Waals surface area contributed by atoms with E-state index in [2.05, 4.69) is 9.97 Å². The molecule has 0 saturated heterocycles. The van der Waals surface area contributed by atoms with Gasteiger partial charge >= 0.3 is 0 Å². The SMILES string of the molecule is Cc1ncc(S(C)(=O)=O)c(N2CCOc3ccc(Cl)cc3C2)n1. The second kappa shape index (κ2) is 5.98. The predicted octanol–water partition coefficient (Wildman–Crippen LogP) is 2.24. The molecule has 1 aromatic carbocycles. The van der Waals surface area contributed by atoms with E-state index in [9.17, 15) is 8.42 Å². The van der Waals surface area contributed by atoms with Gasteiger partial charge in [-0.05, 0) is 25.1 Å². The van der Waals surface area contributed by atoms with Crippen LogP contribution in [0.15, 0.2) is 29.3 Å². The number of nitrogens with zero attached hydrogens (tertiary/aromatic N) is 3. The Bertz CT molecular complexity index is 855. The summed E-state index contributed by atoms with van der Waals surface area (Å²) in [4.78, 5) is 10.4. The Kier molecular flexibility index (Phi) is 4.16. The molecule has 0 radical (unpaired) electrons. The minimum atomic E-state index is -3.43. The normalized spacial score (nSPS) is 14.8. The van der Waals surface area contributed by atoms with Crippen LogP contribution in [0.25, 0.3) is 0 Å². The molecule has 122 valence electrons. The predicted molar refractivity (Wildman–Crippen MR) is 87.9 cm³/mol. The second-order valence-electron chi connectivity index (χ2n) is 5.40. The number of fused-ring (bicyclic) bond motifs is 1. The summed E-state index contributed by atoms with van der Waals surface area (Å²) in [6, 6.07) is 5.42. The lowest BCUT2D eigenvalue weighted by molar-refractivity contribution is 0.331. The molecule has 1 aromatic heterocycles. The van der Waals surface area contributed by atoms with Crippen molar-refractivity contribution in [3.63, 3.8) is 0 Å². The van der Waals surface area contributed by atoms with Crippen LogP contribution >= 0.6 is 11.6 Å². The summed E-state index contributed by atoms with van der Waals surface area (Å²) in [6.07, 6.45) is 2.52. The standard InChI is InChI=1S/C15H16ClN3O3S/c1-10-17-8-14(23(2,20)21)15(18-10)19-5-6-22-13-4-3-12(16)7-11(13)9-19/h3-4,7-8H,5-6,9H2,1-2H3. The van der Waals surface area contributed by atoms with Crippen LogP contribution in [0.2, 0.25) is 5.02 Å². The van der Waals surface area contributed by atoms with Gasteiger partial charge in [-0.1, -0.05) is 11.6 Å². The summed E-state index contributed by atoms with van der Waals surface area (Å²) in [5, 5.41) is 0.608. The van der Waals surface area contributed by atoms with E-state index < -0.39 is 9.84 Å². The molecule has 0 unspecified atom stereocenters. The number of hydrogen-bond acceptors (Lipinski definition) is 6. The summed E-state index contributed by atoms with van der Waals surface area (Å²) in [5.41, 5.74) is 0.894. The third kappa shape index (κ3) is 3.40. The van der Waals surface area contributed by atoms with Crippen molar-refractivity contribution in [3.8, 4) is 5.75 Å². The molecule has 0 saturated carbocycles. The number of hydrogen-bond donors (Lipinski definition) is 0. The maximum Gasteiger partial charge on any atom is 0.180 e. The Labute approximate surface area is 140 Å². The molecule has 0 spiro atoms. The van der Waals surface area contributed by atoms with Gasteiger partial charge in [0.2, 0.25) is 0 Å². The van der Waals surface area contributed by atoms with E-state index in [1.54, 1.807) is 13.0 Å². The lowest BCUT2D eigenvalue weighted by Gasteiger charge is -2.23. The summed E-state index contributed by atoms with van der Waals surface area (Å²) in [7, 11) is -3.43. The Morgan fingerprint density at radius 1 is 1.35 bits per heavy atom. The van der Waals surface area contributed by atoms with Crippen LogP contribution in [-0.4, -0.2) is 37.8 Å². The van der Waals surface area contributed by atoms with Gasteiger partial charge in [0.1, 0.15) is 23.1 Å². The Morgan fingerprint density at radius 2 is 2.13 bits per heavy atom. The zero-order valence-corrected chi connectivity index (χ0v) is 14.4. The smallest absolute Gasteiger partial charge is 0.180 e. The van der Waals surface area contributed by atoms with Gasteiger partial charge < -0.3 is 9.64 Å². The highest BCUT2D eigenvalue weighted by atomic mass is 35.5. The molecule has 3 rings (SSSR count). The molecule has 0 amide bonds. The fraction of sp³-hybridized carbons (Fsp3) is 0.333. The van der Waals surface area contributed by atoms with Crippen LogP contribution in [0.1, 0.15) is 11.4 Å². The Balaban J connectivity index is 2.07. The van der Waals surface area contributed by atoms with Gasteiger partial charge in [-0.2, -0.15) is 0 Å². The van der Waals surface area contributed by atoms with Crippen molar-refractivity contribution in [2.45, 2.75) is 18.4 Å². The van der Waals surface area contributed by atoms with Crippen molar-refractivity contribution in [2.24, 2.45) is 0 Å². The summed E-state index contributed by atoms with van der Waals surface area (Å²) in [6.45, 7) is 3.15. The first-order valence-corrected chi connectivity index (χ1v) is 9.31. The third-order valence-corrected chi connectivity index (χ3v) is 4.88. The van der Waals surface area contributed by atoms with E-state index in [1.807, 2.05) is 17.0 Å². The number of anilines is 1. The molecule has 0 N–H and O–H groups in total. The highest BCUT2D eigenvalue weighted by molar-refractivity contribution is 7.90. The molecule has 2 aromatic rings. The number of sulfone groups is 1. The van der Waals surface area contributed by atoms with E-state index in [4.69, 9.17) is 16.3 Å². The molecule has 0 aliphatic carbocycles. The van der Waals surface area contributed by atoms with E-state index in [1.165, 1.54) is 6.20 Å². The van der Waals surface area contributed by atoms with Gasteiger partial charge in [-0.15, -0.1) is 0 Å². The maximum absolute atomic E-state index is 12.0. The van der Waals surface area contributed by atoms with Crippen LogP contribution in [0.3, 0.4) is 0 Å². The van der Waals surface area contributed by atoms with Crippen molar-refractivity contribution in [3.05, 3.63) is 40.8 Å². The van der Waals surface area contributed by atoms with Gasteiger partial charge in [0.05, 0.1) is 12.7 Å². The van der Waals surface area contributed by atoms with Gasteiger partial charge in [-0.3, -0.25) is 0 Å². The molecule has 23 heavy (non-hydrogen) atoms. The van der Waals surface area contributed by atoms with Crippen LogP contribution < -0.4 is 9.64 Å². The van der Waals surface area contributed by atoms with Crippen LogP contribution in [-0.2, 0) is 16.4 Å². The van der Waals surface area contributed by atoms with Crippen molar-refractivity contribution >= 4 is 27.3 Å². The number of rotatable bonds is 2. The first-order chi connectivity index (χ1) is 10.8. The van der Waals surface area contributed by atoms with E-state index in [0.717, 1.165) is 17.6 Å². The zero-order valence-electron chi connectivity index (χ0n) is 12.8. The lowest BCUT2D eigenvalue weighted by Crippen LogP contribution is -2.28. The quantitative estimate of drug-likeness (QED) is 0.824. The average molecular weight is 354 g/mol. The molecular formula is C15H16ClN3O3S. The van der Waals surface area contributed by atoms with E-state index in [0.29, 0.717) is 36.4 Å². The van der Waals surface area contributed by atoms with E-state index >= 15 is 0 Å². The second-order valence-corrected chi connectivity index (χ2v) is 7.82. The van der Waals surface area contributed by atoms with Crippen LogP contribution in [0.4, 0.5) is 5.82 Å². The molecule has 2 heterocycles. The highest BCUT2D eigenvalue weighted by Crippen LogP contribution is 2.30. The van der Waals surface area contributed by atoms with Crippen molar-refractivity contribution in [2.75, 3.05) is 24.3 Å². The van der Waals surface area contributed by atoms with Crippen molar-refractivity contribution in [1.82, 2.24) is 9.97 Å². The van der Waals surface area contributed by atoms with E-state index in [-0.39, 0.29) is 4.90 Å².